The Morgan fingerprint density at radius 2 is 2.11 bits per heavy atom. The van der Waals surface area contributed by atoms with Gasteiger partial charge in [0, 0.05) is 13.1 Å². The number of carbonyl (C=O) groups is 2. The van der Waals surface area contributed by atoms with E-state index in [1.165, 1.54) is 10.7 Å². The fourth-order valence-electron chi connectivity index (χ4n) is 1.57. The second-order valence-electron chi connectivity index (χ2n) is 3.85. The predicted molar refractivity (Wildman–Crippen MR) is 64.7 cm³/mol. The third-order valence-electron chi connectivity index (χ3n) is 2.58. The van der Waals surface area contributed by atoms with Gasteiger partial charge in [-0.05, 0) is 18.6 Å². The van der Waals surface area contributed by atoms with Crippen molar-refractivity contribution in [1.29, 1.82) is 0 Å². The number of aryl methyl sites for hydroxylation is 2. The van der Waals surface area contributed by atoms with Crippen molar-refractivity contribution >= 4 is 12.3 Å². The molecule has 0 amide bonds. The first-order valence-corrected chi connectivity index (χ1v) is 5.39. The van der Waals surface area contributed by atoms with Crippen molar-refractivity contribution in [3.8, 4) is 5.88 Å². The summed E-state index contributed by atoms with van der Waals surface area (Å²) in [4.78, 5) is 22.5. The maximum absolute atomic E-state index is 11.9. The van der Waals surface area contributed by atoms with E-state index in [9.17, 15) is 9.59 Å². The number of benzene rings is 1. The fraction of sp³-hybridized carbons (Fsp3) is 0.154. The van der Waals surface area contributed by atoms with Gasteiger partial charge in [0.05, 0.1) is 5.56 Å². The molecule has 1 heterocycles. The molecule has 2 rings (SSSR count). The molecule has 5 nitrogen and oxygen atoms in total. The molecular weight excluding hydrogens is 232 g/mol. The zero-order valence-corrected chi connectivity index (χ0v) is 10.1. The summed E-state index contributed by atoms with van der Waals surface area (Å²) < 4.78 is 6.47. The second kappa shape index (κ2) is 4.83. The largest absolute Gasteiger partial charge is 0.402 e. The Hall–Kier alpha value is -2.43. The molecule has 0 radical (unpaired) electrons. The highest BCUT2D eigenvalue weighted by Gasteiger charge is 2.13. The van der Waals surface area contributed by atoms with E-state index in [1.807, 2.05) is 19.1 Å². The standard InChI is InChI=1S/C13H12N2O3/c1-9-5-3-4-6-11(9)13(17)18-12-7-10(8-16)15(2)14-12/h3-8H,1-2H3. The third-order valence-corrected chi connectivity index (χ3v) is 2.58. The van der Waals surface area contributed by atoms with Crippen LogP contribution in [0.1, 0.15) is 26.4 Å². The monoisotopic (exact) mass is 244 g/mol. The van der Waals surface area contributed by atoms with Gasteiger partial charge in [-0.15, -0.1) is 5.10 Å². The van der Waals surface area contributed by atoms with Crippen LogP contribution in [0.15, 0.2) is 30.3 Å². The van der Waals surface area contributed by atoms with E-state index < -0.39 is 5.97 Å². The lowest BCUT2D eigenvalue weighted by Gasteiger charge is -2.03. The zero-order valence-electron chi connectivity index (χ0n) is 10.1. The normalized spacial score (nSPS) is 10.1. The molecular formula is C13H12N2O3. The summed E-state index contributed by atoms with van der Waals surface area (Å²) in [5.74, 6) is -0.364. The van der Waals surface area contributed by atoms with E-state index >= 15 is 0 Å². The van der Waals surface area contributed by atoms with Crippen LogP contribution < -0.4 is 4.74 Å². The van der Waals surface area contributed by atoms with Crippen LogP contribution in [0.5, 0.6) is 5.88 Å². The van der Waals surface area contributed by atoms with Crippen LogP contribution >= 0.6 is 0 Å². The highest BCUT2D eigenvalue weighted by Crippen LogP contribution is 2.14. The van der Waals surface area contributed by atoms with Gasteiger partial charge in [0.25, 0.3) is 0 Å². The average molecular weight is 244 g/mol. The molecule has 0 saturated carbocycles. The van der Waals surface area contributed by atoms with E-state index in [4.69, 9.17) is 4.74 Å². The quantitative estimate of drug-likeness (QED) is 0.609. The Kier molecular flexibility index (Phi) is 3.23. The molecule has 0 spiro atoms. The molecule has 0 saturated heterocycles. The summed E-state index contributed by atoms with van der Waals surface area (Å²) in [5.41, 5.74) is 1.66. The number of carbonyl (C=O) groups excluding carboxylic acids is 2. The number of hydrogen-bond acceptors (Lipinski definition) is 4. The number of aromatic nitrogens is 2. The Balaban J connectivity index is 2.21. The van der Waals surface area contributed by atoms with Gasteiger partial charge in [-0.25, -0.2) is 4.79 Å². The van der Waals surface area contributed by atoms with Gasteiger partial charge >= 0.3 is 5.97 Å². The average Bonchev–Trinajstić information content (AvgIpc) is 2.69. The summed E-state index contributed by atoms with van der Waals surface area (Å²) in [5, 5.41) is 3.92. The van der Waals surface area contributed by atoms with Crippen LogP contribution in [0.4, 0.5) is 0 Å². The Morgan fingerprint density at radius 3 is 2.72 bits per heavy atom. The highest BCUT2D eigenvalue weighted by atomic mass is 16.5. The second-order valence-corrected chi connectivity index (χ2v) is 3.85. The molecule has 0 aliphatic heterocycles. The molecule has 0 N–H and O–H groups in total. The number of aldehydes is 1. The van der Waals surface area contributed by atoms with Crippen LogP contribution in [-0.4, -0.2) is 22.0 Å². The van der Waals surface area contributed by atoms with E-state index in [1.54, 1.807) is 19.2 Å². The molecule has 18 heavy (non-hydrogen) atoms. The summed E-state index contributed by atoms with van der Waals surface area (Å²) >= 11 is 0. The van der Waals surface area contributed by atoms with Gasteiger partial charge < -0.3 is 4.74 Å². The molecule has 0 bridgehead atoms. The number of hydrogen-bond donors (Lipinski definition) is 0. The van der Waals surface area contributed by atoms with Crippen molar-refractivity contribution < 1.29 is 14.3 Å². The van der Waals surface area contributed by atoms with Gasteiger partial charge in [0.1, 0.15) is 5.69 Å². The minimum Gasteiger partial charge on any atom is -0.402 e. The summed E-state index contributed by atoms with van der Waals surface area (Å²) in [6, 6.07) is 8.53. The third kappa shape index (κ3) is 2.29. The maximum Gasteiger partial charge on any atom is 0.345 e. The van der Waals surface area contributed by atoms with Crippen LogP contribution in [0.3, 0.4) is 0 Å². The summed E-state index contributed by atoms with van der Waals surface area (Å²) in [6.45, 7) is 1.83. The first-order chi connectivity index (χ1) is 8.61. The molecule has 0 aliphatic rings. The van der Waals surface area contributed by atoms with E-state index in [-0.39, 0.29) is 5.88 Å². The van der Waals surface area contributed by atoms with Gasteiger partial charge in [-0.3, -0.25) is 9.48 Å². The van der Waals surface area contributed by atoms with E-state index in [0.717, 1.165) is 5.56 Å². The number of ether oxygens (including phenoxy) is 1. The Bertz CT molecular complexity index is 602. The first-order valence-electron chi connectivity index (χ1n) is 5.39. The number of nitrogens with zero attached hydrogens (tertiary/aromatic N) is 2. The highest BCUT2D eigenvalue weighted by molar-refractivity contribution is 5.92. The minimum absolute atomic E-state index is 0.118. The van der Waals surface area contributed by atoms with Crippen molar-refractivity contribution in [3.05, 3.63) is 47.2 Å². The first kappa shape index (κ1) is 12.0. The molecule has 0 unspecified atom stereocenters. The van der Waals surface area contributed by atoms with Gasteiger partial charge in [0.15, 0.2) is 6.29 Å². The van der Waals surface area contributed by atoms with Crippen molar-refractivity contribution in [2.75, 3.05) is 0 Å². The maximum atomic E-state index is 11.9. The molecule has 0 aliphatic carbocycles. The fourth-order valence-corrected chi connectivity index (χ4v) is 1.57. The molecule has 92 valence electrons. The smallest absolute Gasteiger partial charge is 0.345 e. The van der Waals surface area contributed by atoms with E-state index in [0.29, 0.717) is 17.5 Å². The van der Waals surface area contributed by atoms with Crippen molar-refractivity contribution in [1.82, 2.24) is 9.78 Å². The Morgan fingerprint density at radius 1 is 1.39 bits per heavy atom. The van der Waals surface area contributed by atoms with Gasteiger partial charge in [-0.2, -0.15) is 0 Å². The van der Waals surface area contributed by atoms with Crippen molar-refractivity contribution in [2.24, 2.45) is 7.05 Å². The molecule has 2 aromatic rings. The van der Waals surface area contributed by atoms with Crippen LogP contribution in [0.2, 0.25) is 0 Å². The van der Waals surface area contributed by atoms with E-state index in [2.05, 4.69) is 5.10 Å². The molecule has 5 heteroatoms. The zero-order chi connectivity index (χ0) is 13.1. The molecule has 0 fully saturated rings. The van der Waals surface area contributed by atoms with Gasteiger partial charge in [-0.1, -0.05) is 18.2 Å². The van der Waals surface area contributed by atoms with Gasteiger partial charge in [0.2, 0.25) is 5.88 Å². The van der Waals surface area contributed by atoms with Crippen molar-refractivity contribution in [3.63, 3.8) is 0 Å². The lowest BCUT2D eigenvalue weighted by molar-refractivity contribution is 0.0725. The molecule has 1 aromatic heterocycles. The number of rotatable bonds is 3. The summed E-state index contributed by atoms with van der Waals surface area (Å²) in [6.07, 6.45) is 0.651. The SMILES string of the molecule is Cc1ccccc1C(=O)Oc1cc(C=O)n(C)n1. The lowest BCUT2D eigenvalue weighted by Crippen LogP contribution is -2.10. The topological polar surface area (TPSA) is 61.2 Å². The predicted octanol–water partition coefficient (Wildman–Crippen LogP) is 1.76. The molecule has 0 atom stereocenters. The lowest BCUT2D eigenvalue weighted by atomic mass is 10.1. The van der Waals surface area contributed by atoms with Crippen LogP contribution in [0.25, 0.3) is 0 Å². The Labute approximate surface area is 104 Å². The molecule has 1 aromatic carbocycles. The van der Waals surface area contributed by atoms with Crippen LogP contribution in [0, 0.1) is 6.92 Å². The minimum atomic E-state index is -0.483. The van der Waals surface area contributed by atoms with Crippen LogP contribution in [-0.2, 0) is 7.05 Å². The summed E-state index contributed by atoms with van der Waals surface area (Å²) in [7, 11) is 1.61. The number of esters is 1. The van der Waals surface area contributed by atoms with Crippen molar-refractivity contribution in [2.45, 2.75) is 6.92 Å².